The van der Waals surface area contributed by atoms with Crippen LogP contribution in [0.2, 0.25) is 0 Å². The number of rotatable bonds is 7. The number of amidine groups is 1. The van der Waals surface area contributed by atoms with Gasteiger partial charge in [0, 0.05) is 17.8 Å². The van der Waals surface area contributed by atoms with Gasteiger partial charge in [-0.05, 0) is 47.0 Å². The van der Waals surface area contributed by atoms with E-state index in [1.807, 2.05) is 13.0 Å². The van der Waals surface area contributed by atoms with Crippen molar-refractivity contribution in [3.8, 4) is 0 Å². The number of alkyl halides is 2. The van der Waals surface area contributed by atoms with Crippen LogP contribution in [-0.2, 0) is 4.74 Å². The van der Waals surface area contributed by atoms with Gasteiger partial charge in [-0.25, -0.2) is 4.99 Å². The highest BCUT2D eigenvalue weighted by Crippen LogP contribution is 2.20. The number of nitrogens with zero attached hydrogens (tertiary/aromatic N) is 2. The Hall–Kier alpha value is -0.470. The number of hydrogen-bond donors (Lipinski definition) is 2. The van der Waals surface area contributed by atoms with Gasteiger partial charge in [0.05, 0.1) is 11.0 Å². The molecule has 0 saturated carbocycles. The number of aliphatic imine (C=N–C) groups is 1. The Kier molecular flexibility index (Phi) is 8.56. The van der Waals surface area contributed by atoms with Crippen LogP contribution in [0.3, 0.4) is 0 Å². The van der Waals surface area contributed by atoms with E-state index in [0.29, 0.717) is 0 Å². The molecular formula is C15H26ClIN4O. The smallest absolute Gasteiger partial charge is 0.197 e. The molecule has 0 spiro atoms. The topological polar surface area (TPSA) is 48.9 Å². The highest BCUT2D eigenvalue weighted by molar-refractivity contribution is 14.1. The summed E-state index contributed by atoms with van der Waals surface area (Å²) in [6.07, 6.45) is 3.07. The number of halogens is 2. The zero-order chi connectivity index (χ0) is 16.7. The van der Waals surface area contributed by atoms with Crippen LogP contribution in [0.1, 0.15) is 20.3 Å². The molecule has 126 valence electrons. The van der Waals surface area contributed by atoms with Crippen LogP contribution in [0.15, 0.2) is 28.1 Å². The molecule has 5 nitrogen and oxygen atoms in total. The van der Waals surface area contributed by atoms with Crippen LogP contribution < -0.4 is 10.6 Å². The molecule has 7 heteroatoms. The average Bonchev–Trinajstić information content (AvgIpc) is 2.42. The Bertz CT molecular complexity index is 460. The maximum Gasteiger partial charge on any atom is 0.197 e. The first-order valence-electron chi connectivity index (χ1n) is 7.33. The van der Waals surface area contributed by atoms with Gasteiger partial charge in [0.1, 0.15) is 11.6 Å². The van der Waals surface area contributed by atoms with Crippen molar-refractivity contribution in [3.05, 3.63) is 23.1 Å². The van der Waals surface area contributed by atoms with Gasteiger partial charge in [0.2, 0.25) is 0 Å². The van der Waals surface area contributed by atoms with E-state index < -0.39 is 5.62 Å². The summed E-state index contributed by atoms with van der Waals surface area (Å²) < 4.78 is 5.75. The van der Waals surface area contributed by atoms with Gasteiger partial charge in [-0.1, -0.05) is 34.2 Å². The van der Waals surface area contributed by atoms with E-state index in [2.05, 4.69) is 64.1 Å². The molecule has 1 aliphatic heterocycles. The van der Waals surface area contributed by atoms with E-state index in [1.54, 1.807) is 7.11 Å². The second-order valence-corrected chi connectivity index (χ2v) is 7.73. The van der Waals surface area contributed by atoms with E-state index in [0.717, 1.165) is 42.4 Å². The second kappa shape index (κ2) is 9.62. The molecular weight excluding hydrogens is 415 g/mol. The molecule has 1 unspecified atom stereocenters. The summed E-state index contributed by atoms with van der Waals surface area (Å²) in [6.45, 7) is 5.98. The van der Waals surface area contributed by atoms with Crippen molar-refractivity contribution in [1.29, 1.82) is 0 Å². The Labute approximate surface area is 152 Å². The minimum absolute atomic E-state index is 0.284. The zero-order valence-electron chi connectivity index (χ0n) is 13.9. The predicted octanol–water partition coefficient (Wildman–Crippen LogP) is 2.68. The fourth-order valence-electron chi connectivity index (χ4n) is 2.05. The standard InChI is InChI=1S/C15H26ClIN4O/c1-10(17)13(22-5)9-12-11(2)19-15(16)20-14(12)18-7-6-8-21(3)4/h9-10,15,19H,6-8H2,1-5H3,(H,18,20)/b13-9+/t10-,15?/m1/s1. The molecule has 0 aliphatic carbocycles. The fourth-order valence-corrected chi connectivity index (χ4v) is 2.74. The average molecular weight is 441 g/mol. The van der Waals surface area contributed by atoms with Crippen LogP contribution in [0.25, 0.3) is 0 Å². The van der Waals surface area contributed by atoms with Crippen molar-refractivity contribution < 1.29 is 4.74 Å². The van der Waals surface area contributed by atoms with Crippen LogP contribution in [0, 0.1) is 0 Å². The first-order chi connectivity index (χ1) is 10.3. The normalized spacial score (nSPS) is 20.6. The molecule has 0 aromatic heterocycles. The van der Waals surface area contributed by atoms with Crippen molar-refractivity contribution in [2.24, 2.45) is 4.99 Å². The lowest BCUT2D eigenvalue weighted by Crippen LogP contribution is -2.37. The highest BCUT2D eigenvalue weighted by Gasteiger charge is 2.19. The summed E-state index contributed by atoms with van der Waals surface area (Å²) in [7, 11) is 5.84. The monoisotopic (exact) mass is 440 g/mol. The molecule has 0 aromatic rings. The zero-order valence-corrected chi connectivity index (χ0v) is 16.8. The highest BCUT2D eigenvalue weighted by atomic mass is 127. The van der Waals surface area contributed by atoms with Crippen LogP contribution in [0.5, 0.6) is 0 Å². The largest absolute Gasteiger partial charge is 0.500 e. The Morgan fingerprint density at radius 1 is 1.59 bits per heavy atom. The van der Waals surface area contributed by atoms with Gasteiger partial charge in [0.25, 0.3) is 0 Å². The van der Waals surface area contributed by atoms with E-state index >= 15 is 0 Å². The first kappa shape index (κ1) is 19.6. The van der Waals surface area contributed by atoms with E-state index in [1.165, 1.54) is 0 Å². The molecule has 1 heterocycles. The maximum absolute atomic E-state index is 6.13. The molecule has 2 atom stereocenters. The minimum Gasteiger partial charge on any atom is -0.500 e. The second-order valence-electron chi connectivity index (χ2n) is 5.45. The fraction of sp³-hybridized carbons (Fsp3) is 0.667. The van der Waals surface area contributed by atoms with Gasteiger partial charge in [-0.15, -0.1) is 0 Å². The van der Waals surface area contributed by atoms with Crippen LogP contribution in [0.4, 0.5) is 0 Å². The molecule has 0 aromatic carbocycles. The molecule has 0 bridgehead atoms. The molecule has 22 heavy (non-hydrogen) atoms. The molecule has 0 radical (unpaired) electrons. The lowest BCUT2D eigenvalue weighted by Gasteiger charge is -2.24. The quantitative estimate of drug-likeness (QED) is 0.210. The summed E-state index contributed by atoms with van der Waals surface area (Å²) >= 11 is 8.47. The van der Waals surface area contributed by atoms with Crippen molar-refractivity contribution in [2.45, 2.75) is 29.8 Å². The summed E-state index contributed by atoms with van der Waals surface area (Å²) in [5.41, 5.74) is 1.57. The summed E-state index contributed by atoms with van der Waals surface area (Å²) in [6, 6.07) is 0. The maximum atomic E-state index is 6.13. The third kappa shape index (κ3) is 6.34. The molecule has 0 saturated heterocycles. The molecule has 1 rings (SSSR count). The first-order valence-corrected chi connectivity index (χ1v) is 9.01. The number of hydrogen-bond acceptors (Lipinski definition) is 5. The summed E-state index contributed by atoms with van der Waals surface area (Å²) in [5.74, 6) is 1.73. The van der Waals surface area contributed by atoms with Crippen molar-refractivity contribution >= 4 is 40.0 Å². The van der Waals surface area contributed by atoms with Crippen LogP contribution in [-0.4, -0.2) is 54.6 Å². The number of methoxy groups -OCH3 is 1. The Morgan fingerprint density at radius 2 is 2.27 bits per heavy atom. The number of nitrogens with one attached hydrogen (secondary N) is 2. The van der Waals surface area contributed by atoms with Gasteiger partial charge in [-0.2, -0.15) is 0 Å². The minimum atomic E-state index is -0.434. The third-order valence-electron chi connectivity index (χ3n) is 3.23. The number of allylic oxidation sites excluding steroid dienone is 2. The summed E-state index contributed by atoms with van der Waals surface area (Å²) in [5, 5.41) is 6.54. The lowest BCUT2D eigenvalue weighted by molar-refractivity contribution is 0.285. The van der Waals surface area contributed by atoms with Gasteiger partial charge >= 0.3 is 0 Å². The van der Waals surface area contributed by atoms with Gasteiger partial charge in [-0.3, -0.25) is 0 Å². The van der Waals surface area contributed by atoms with E-state index in [9.17, 15) is 0 Å². The Balaban J connectivity index is 2.86. The van der Waals surface area contributed by atoms with Crippen molar-refractivity contribution in [1.82, 2.24) is 15.5 Å². The Morgan fingerprint density at radius 3 is 2.82 bits per heavy atom. The molecule has 2 N–H and O–H groups in total. The molecule has 0 amide bonds. The lowest BCUT2D eigenvalue weighted by atomic mass is 10.1. The van der Waals surface area contributed by atoms with E-state index in [-0.39, 0.29) is 3.92 Å². The number of ether oxygens (including phenoxy) is 1. The van der Waals surface area contributed by atoms with Crippen LogP contribution >= 0.6 is 34.2 Å². The van der Waals surface area contributed by atoms with Gasteiger partial charge < -0.3 is 20.3 Å². The van der Waals surface area contributed by atoms with E-state index in [4.69, 9.17) is 16.3 Å². The summed E-state index contributed by atoms with van der Waals surface area (Å²) in [4.78, 5) is 6.63. The SMILES string of the molecule is CO/C(=C/C1=C(C)NC(Cl)N=C1NCCCN(C)C)[C@@H](C)I. The third-order valence-corrected chi connectivity index (χ3v) is 4.05. The predicted molar refractivity (Wildman–Crippen MR) is 103 cm³/mol. The van der Waals surface area contributed by atoms with Crippen molar-refractivity contribution in [2.75, 3.05) is 34.3 Å². The molecule has 1 aliphatic rings. The van der Waals surface area contributed by atoms with Crippen molar-refractivity contribution in [3.63, 3.8) is 0 Å². The molecule has 0 fully saturated rings. The van der Waals surface area contributed by atoms with Gasteiger partial charge in [0.15, 0.2) is 5.62 Å².